The van der Waals surface area contributed by atoms with Gasteiger partial charge in [-0.05, 0) is 25.3 Å². The Morgan fingerprint density at radius 2 is 2.32 bits per heavy atom. The molecule has 0 unspecified atom stereocenters. The Kier molecular flexibility index (Phi) is 4.38. The van der Waals surface area contributed by atoms with Crippen LogP contribution >= 0.6 is 0 Å². The minimum Gasteiger partial charge on any atom is -0.480 e. The number of carboxylic acids is 1. The SMILES string of the molecule is O=C(O)[C@@H]1CCCN1C(=O)NCCCn1cccn1. The predicted octanol–water partition coefficient (Wildman–Crippen LogP) is 0.532. The fourth-order valence-corrected chi connectivity index (χ4v) is 2.24. The third-order valence-electron chi connectivity index (χ3n) is 3.20. The summed E-state index contributed by atoms with van der Waals surface area (Å²) in [5, 5.41) is 15.8. The number of urea groups is 1. The fraction of sp³-hybridized carbons (Fsp3) is 0.583. The number of likely N-dealkylation sites (tertiary alicyclic amines) is 1. The quantitative estimate of drug-likeness (QED) is 0.761. The Hall–Kier alpha value is -2.05. The lowest BCUT2D eigenvalue weighted by Crippen LogP contribution is -2.46. The van der Waals surface area contributed by atoms with Gasteiger partial charge in [0, 0.05) is 32.0 Å². The van der Waals surface area contributed by atoms with E-state index < -0.39 is 12.0 Å². The molecule has 0 aromatic carbocycles. The summed E-state index contributed by atoms with van der Waals surface area (Å²) in [6, 6.07) is 0.886. The molecule has 1 aromatic heterocycles. The molecule has 19 heavy (non-hydrogen) atoms. The van der Waals surface area contributed by atoms with E-state index in [-0.39, 0.29) is 6.03 Å². The smallest absolute Gasteiger partial charge is 0.326 e. The van der Waals surface area contributed by atoms with Crippen LogP contribution in [-0.2, 0) is 11.3 Å². The van der Waals surface area contributed by atoms with E-state index in [0.717, 1.165) is 19.4 Å². The molecular formula is C12H18N4O3. The summed E-state index contributed by atoms with van der Waals surface area (Å²) in [7, 11) is 0. The van der Waals surface area contributed by atoms with Crippen molar-refractivity contribution < 1.29 is 14.7 Å². The van der Waals surface area contributed by atoms with Gasteiger partial charge in [-0.15, -0.1) is 0 Å². The Morgan fingerprint density at radius 1 is 1.47 bits per heavy atom. The number of carboxylic acid groups (broad SMARTS) is 1. The van der Waals surface area contributed by atoms with Crippen LogP contribution in [0.15, 0.2) is 18.5 Å². The lowest BCUT2D eigenvalue weighted by molar-refractivity contribution is -0.141. The summed E-state index contributed by atoms with van der Waals surface area (Å²) in [6.07, 6.45) is 5.62. The van der Waals surface area contributed by atoms with Crippen LogP contribution in [0.2, 0.25) is 0 Å². The number of carbonyl (C=O) groups excluding carboxylic acids is 1. The van der Waals surface area contributed by atoms with E-state index in [9.17, 15) is 9.59 Å². The molecule has 0 bridgehead atoms. The van der Waals surface area contributed by atoms with E-state index in [1.54, 1.807) is 10.9 Å². The van der Waals surface area contributed by atoms with Gasteiger partial charge in [0.15, 0.2) is 0 Å². The van der Waals surface area contributed by atoms with Gasteiger partial charge in [-0.3, -0.25) is 4.68 Å². The van der Waals surface area contributed by atoms with Crippen molar-refractivity contribution in [1.29, 1.82) is 0 Å². The lowest BCUT2D eigenvalue weighted by atomic mass is 10.2. The van der Waals surface area contributed by atoms with Crippen molar-refractivity contribution in [2.45, 2.75) is 31.8 Å². The van der Waals surface area contributed by atoms with Crippen molar-refractivity contribution >= 4 is 12.0 Å². The van der Waals surface area contributed by atoms with E-state index >= 15 is 0 Å². The summed E-state index contributed by atoms with van der Waals surface area (Å²) in [5.74, 6) is -0.927. The number of carbonyl (C=O) groups is 2. The van der Waals surface area contributed by atoms with Crippen LogP contribution < -0.4 is 5.32 Å². The number of aliphatic carboxylic acids is 1. The minimum absolute atomic E-state index is 0.287. The summed E-state index contributed by atoms with van der Waals surface area (Å²) < 4.78 is 1.79. The van der Waals surface area contributed by atoms with E-state index in [1.165, 1.54) is 4.90 Å². The maximum atomic E-state index is 11.9. The standard InChI is InChI=1S/C12H18N4O3/c17-11(18)10-4-1-9-16(10)12(19)13-5-2-7-15-8-3-6-14-15/h3,6,8,10H,1-2,4-5,7,9H2,(H,13,19)(H,17,18)/t10-/m0/s1. The van der Waals surface area contributed by atoms with Crippen LogP contribution in [0.25, 0.3) is 0 Å². The third-order valence-corrected chi connectivity index (χ3v) is 3.20. The zero-order valence-corrected chi connectivity index (χ0v) is 10.7. The van der Waals surface area contributed by atoms with Crippen molar-refractivity contribution in [2.24, 2.45) is 0 Å². The van der Waals surface area contributed by atoms with E-state index in [4.69, 9.17) is 5.11 Å². The first-order chi connectivity index (χ1) is 9.18. The molecule has 2 N–H and O–H groups in total. The molecule has 7 nitrogen and oxygen atoms in total. The number of nitrogens with zero attached hydrogens (tertiary/aromatic N) is 3. The number of aromatic nitrogens is 2. The first-order valence-corrected chi connectivity index (χ1v) is 6.43. The van der Waals surface area contributed by atoms with Crippen LogP contribution in [0.5, 0.6) is 0 Å². The summed E-state index contributed by atoms with van der Waals surface area (Å²) >= 11 is 0. The van der Waals surface area contributed by atoms with E-state index in [2.05, 4.69) is 10.4 Å². The number of rotatable bonds is 5. The zero-order valence-electron chi connectivity index (χ0n) is 10.7. The van der Waals surface area contributed by atoms with Crippen molar-refractivity contribution in [3.63, 3.8) is 0 Å². The second kappa shape index (κ2) is 6.21. The van der Waals surface area contributed by atoms with Crippen LogP contribution in [0.1, 0.15) is 19.3 Å². The maximum Gasteiger partial charge on any atom is 0.326 e. The van der Waals surface area contributed by atoms with E-state index in [0.29, 0.717) is 19.5 Å². The molecule has 1 fully saturated rings. The number of aryl methyl sites for hydroxylation is 1. The van der Waals surface area contributed by atoms with Gasteiger partial charge in [-0.1, -0.05) is 0 Å². The Bertz CT molecular complexity index is 432. The molecule has 1 aliphatic heterocycles. The Morgan fingerprint density at radius 3 is 3.00 bits per heavy atom. The number of hydrogen-bond donors (Lipinski definition) is 2. The highest BCUT2D eigenvalue weighted by molar-refractivity contribution is 5.83. The summed E-state index contributed by atoms with van der Waals surface area (Å²) in [5.41, 5.74) is 0. The van der Waals surface area contributed by atoms with Gasteiger partial charge in [-0.2, -0.15) is 5.10 Å². The van der Waals surface area contributed by atoms with Crippen molar-refractivity contribution in [3.05, 3.63) is 18.5 Å². The molecular weight excluding hydrogens is 248 g/mol. The molecule has 1 aromatic rings. The highest BCUT2D eigenvalue weighted by Gasteiger charge is 2.33. The topological polar surface area (TPSA) is 87.5 Å². The van der Waals surface area contributed by atoms with Crippen molar-refractivity contribution in [3.8, 4) is 0 Å². The molecule has 2 amide bonds. The largest absolute Gasteiger partial charge is 0.480 e. The Labute approximate surface area is 111 Å². The molecule has 7 heteroatoms. The third kappa shape index (κ3) is 3.46. The van der Waals surface area contributed by atoms with Gasteiger partial charge < -0.3 is 15.3 Å². The number of amides is 2. The second-order valence-corrected chi connectivity index (χ2v) is 4.54. The molecule has 0 aliphatic carbocycles. The van der Waals surface area contributed by atoms with Gasteiger partial charge in [0.2, 0.25) is 0 Å². The highest BCUT2D eigenvalue weighted by atomic mass is 16.4. The first-order valence-electron chi connectivity index (χ1n) is 6.43. The molecule has 2 rings (SSSR count). The zero-order chi connectivity index (χ0) is 13.7. The van der Waals surface area contributed by atoms with Gasteiger partial charge in [-0.25, -0.2) is 9.59 Å². The van der Waals surface area contributed by atoms with Crippen molar-refractivity contribution in [2.75, 3.05) is 13.1 Å². The molecule has 104 valence electrons. The fourth-order valence-electron chi connectivity index (χ4n) is 2.24. The first kappa shape index (κ1) is 13.4. The summed E-state index contributed by atoms with van der Waals surface area (Å²) in [6.45, 7) is 1.76. The van der Waals surface area contributed by atoms with Crippen LogP contribution in [-0.4, -0.2) is 50.9 Å². The van der Waals surface area contributed by atoms with Gasteiger partial charge in [0.05, 0.1) is 0 Å². The average molecular weight is 266 g/mol. The predicted molar refractivity (Wildman–Crippen MR) is 67.6 cm³/mol. The minimum atomic E-state index is -0.927. The molecule has 0 saturated carbocycles. The number of hydrogen-bond acceptors (Lipinski definition) is 3. The van der Waals surface area contributed by atoms with Crippen molar-refractivity contribution in [1.82, 2.24) is 20.0 Å². The Balaban J connectivity index is 1.70. The second-order valence-electron chi connectivity index (χ2n) is 4.54. The molecule has 1 atom stereocenters. The molecule has 2 heterocycles. The highest BCUT2D eigenvalue weighted by Crippen LogP contribution is 2.17. The summed E-state index contributed by atoms with van der Waals surface area (Å²) in [4.78, 5) is 24.2. The normalized spacial score (nSPS) is 18.5. The van der Waals surface area contributed by atoms with E-state index in [1.807, 2.05) is 12.3 Å². The van der Waals surface area contributed by atoms with Crippen LogP contribution in [0.4, 0.5) is 4.79 Å². The molecule has 0 radical (unpaired) electrons. The lowest BCUT2D eigenvalue weighted by Gasteiger charge is -2.21. The molecule has 1 aliphatic rings. The monoisotopic (exact) mass is 266 g/mol. The van der Waals surface area contributed by atoms with Gasteiger partial charge in [0.25, 0.3) is 0 Å². The molecule has 1 saturated heterocycles. The molecule has 0 spiro atoms. The van der Waals surface area contributed by atoms with Crippen LogP contribution in [0.3, 0.4) is 0 Å². The maximum absolute atomic E-state index is 11.9. The van der Waals surface area contributed by atoms with Gasteiger partial charge in [0.1, 0.15) is 6.04 Å². The number of nitrogens with one attached hydrogen (secondary N) is 1. The van der Waals surface area contributed by atoms with Crippen LogP contribution in [0, 0.1) is 0 Å². The average Bonchev–Trinajstić information content (AvgIpc) is 3.04. The van der Waals surface area contributed by atoms with Gasteiger partial charge >= 0.3 is 12.0 Å².